The van der Waals surface area contributed by atoms with Crippen molar-refractivity contribution in [3.05, 3.63) is 29.8 Å². The number of carbonyl (C=O) groups excluding carboxylic acids is 1. The highest BCUT2D eigenvalue weighted by molar-refractivity contribution is 8.00. The molecule has 2 aliphatic rings. The maximum absolute atomic E-state index is 12.7. The second-order valence-electron chi connectivity index (χ2n) is 5.60. The summed E-state index contributed by atoms with van der Waals surface area (Å²) >= 11 is 1.79. The van der Waals surface area contributed by atoms with Crippen molar-refractivity contribution in [2.24, 2.45) is 0 Å². The lowest BCUT2D eigenvalue weighted by molar-refractivity contribution is 0.0162. The number of hydrogen-bond donors (Lipinski definition) is 0. The smallest absolute Gasteiger partial charge is 0.243 e. The first-order valence-electron chi connectivity index (χ1n) is 7.32. The summed E-state index contributed by atoms with van der Waals surface area (Å²) in [6, 6.07) is 6.26. The van der Waals surface area contributed by atoms with E-state index in [1.54, 1.807) is 30.0 Å². The van der Waals surface area contributed by atoms with Gasteiger partial charge >= 0.3 is 0 Å². The summed E-state index contributed by atoms with van der Waals surface area (Å²) in [6.07, 6.45) is 1.42. The molecule has 2 aliphatic heterocycles. The predicted octanol–water partition coefficient (Wildman–Crippen LogP) is 2.13. The Balaban J connectivity index is 1.79. The third kappa shape index (κ3) is 2.95. The zero-order valence-electron chi connectivity index (χ0n) is 12.4. The summed E-state index contributed by atoms with van der Waals surface area (Å²) in [7, 11) is -3.55. The number of rotatable bonds is 3. The van der Waals surface area contributed by atoms with Crippen molar-refractivity contribution in [2.45, 2.75) is 29.6 Å². The monoisotopic (exact) mass is 341 g/mol. The number of carbonyl (C=O) groups is 1. The van der Waals surface area contributed by atoms with E-state index in [0.29, 0.717) is 31.5 Å². The normalized spacial score (nSPS) is 22.0. The fourth-order valence-electron chi connectivity index (χ4n) is 2.88. The number of ketones is 1. The zero-order chi connectivity index (χ0) is 15.8. The van der Waals surface area contributed by atoms with Crippen LogP contribution < -0.4 is 0 Å². The topological polar surface area (TPSA) is 63.7 Å². The molecule has 22 heavy (non-hydrogen) atoms. The maximum Gasteiger partial charge on any atom is 0.243 e. The second kappa shape index (κ2) is 5.96. The second-order valence-corrected chi connectivity index (χ2v) is 8.97. The number of benzene rings is 1. The molecule has 1 aromatic carbocycles. The lowest BCUT2D eigenvalue weighted by Crippen LogP contribution is -2.44. The van der Waals surface area contributed by atoms with Gasteiger partial charge in [-0.3, -0.25) is 4.79 Å². The SMILES string of the molecule is CC(=O)c1cccc(S(=O)(=O)N2CCC3(CC2)OCCS3)c1. The molecular weight excluding hydrogens is 322 g/mol. The fourth-order valence-corrected chi connectivity index (χ4v) is 5.54. The molecule has 0 atom stereocenters. The number of ether oxygens (including phenoxy) is 1. The molecule has 0 N–H and O–H groups in total. The van der Waals surface area contributed by atoms with Gasteiger partial charge in [0.25, 0.3) is 0 Å². The predicted molar refractivity (Wildman–Crippen MR) is 85.6 cm³/mol. The first-order chi connectivity index (χ1) is 10.4. The van der Waals surface area contributed by atoms with E-state index in [2.05, 4.69) is 0 Å². The van der Waals surface area contributed by atoms with Crippen LogP contribution in [0.1, 0.15) is 30.1 Å². The molecule has 0 radical (unpaired) electrons. The number of sulfonamides is 1. The Morgan fingerprint density at radius 2 is 2.05 bits per heavy atom. The number of piperidine rings is 1. The van der Waals surface area contributed by atoms with Gasteiger partial charge in [-0.25, -0.2) is 8.42 Å². The number of nitrogens with zero attached hydrogens (tertiary/aromatic N) is 1. The Bertz CT molecular complexity index is 671. The Kier molecular flexibility index (Phi) is 4.33. The highest BCUT2D eigenvalue weighted by Crippen LogP contribution is 2.42. The summed E-state index contributed by atoms with van der Waals surface area (Å²) < 4.78 is 32.8. The molecule has 5 nitrogen and oxygen atoms in total. The third-order valence-corrected chi connectivity index (χ3v) is 7.49. The molecule has 0 aliphatic carbocycles. The van der Waals surface area contributed by atoms with Crippen molar-refractivity contribution in [3.8, 4) is 0 Å². The van der Waals surface area contributed by atoms with Gasteiger partial charge in [0.2, 0.25) is 10.0 Å². The summed E-state index contributed by atoms with van der Waals surface area (Å²) in [6.45, 7) is 3.10. The Morgan fingerprint density at radius 1 is 1.32 bits per heavy atom. The Hall–Kier alpha value is -0.890. The third-order valence-electron chi connectivity index (χ3n) is 4.18. The molecule has 2 fully saturated rings. The van der Waals surface area contributed by atoms with Crippen molar-refractivity contribution in [2.75, 3.05) is 25.4 Å². The quantitative estimate of drug-likeness (QED) is 0.788. The Morgan fingerprint density at radius 3 is 2.64 bits per heavy atom. The molecule has 1 aromatic rings. The molecule has 120 valence electrons. The minimum Gasteiger partial charge on any atom is -0.363 e. The molecule has 3 rings (SSSR count). The van der Waals surface area contributed by atoms with E-state index in [-0.39, 0.29) is 15.6 Å². The summed E-state index contributed by atoms with van der Waals surface area (Å²) in [5.41, 5.74) is 0.421. The van der Waals surface area contributed by atoms with Gasteiger partial charge in [-0.1, -0.05) is 12.1 Å². The van der Waals surface area contributed by atoms with Gasteiger partial charge in [0.1, 0.15) is 4.93 Å². The van der Waals surface area contributed by atoms with Gasteiger partial charge < -0.3 is 4.74 Å². The van der Waals surface area contributed by atoms with Gasteiger partial charge in [0, 0.05) is 24.4 Å². The number of thioether (sulfide) groups is 1. The van der Waals surface area contributed by atoms with Gasteiger partial charge in [-0.15, -0.1) is 11.8 Å². The van der Waals surface area contributed by atoms with Crippen LogP contribution >= 0.6 is 11.8 Å². The molecular formula is C15H19NO4S2. The van der Waals surface area contributed by atoms with E-state index in [4.69, 9.17) is 4.74 Å². The van der Waals surface area contributed by atoms with Crippen molar-refractivity contribution < 1.29 is 17.9 Å². The summed E-state index contributed by atoms with van der Waals surface area (Å²) in [5.74, 6) is 0.846. The van der Waals surface area contributed by atoms with E-state index >= 15 is 0 Å². The van der Waals surface area contributed by atoms with Gasteiger partial charge in [0.15, 0.2) is 5.78 Å². The molecule has 7 heteroatoms. The molecule has 0 unspecified atom stereocenters. The summed E-state index contributed by atoms with van der Waals surface area (Å²) in [5, 5.41) is 0. The van der Waals surface area contributed by atoms with Gasteiger partial charge in [-0.05, 0) is 31.9 Å². The minimum atomic E-state index is -3.55. The Labute approximate surface area is 135 Å². The highest BCUT2D eigenvalue weighted by atomic mass is 32.2. The molecule has 2 saturated heterocycles. The van der Waals surface area contributed by atoms with Gasteiger partial charge in [0.05, 0.1) is 11.5 Å². The van der Waals surface area contributed by atoms with Crippen LogP contribution in [0.3, 0.4) is 0 Å². The van der Waals surface area contributed by atoms with Crippen LogP contribution in [0.4, 0.5) is 0 Å². The lowest BCUT2D eigenvalue weighted by Gasteiger charge is -2.37. The van der Waals surface area contributed by atoms with Crippen LogP contribution in [0.25, 0.3) is 0 Å². The van der Waals surface area contributed by atoms with E-state index in [1.165, 1.54) is 17.3 Å². The number of hydrogen-bond acceptors (Lipinski definition) is 5. The molecule has 0 aromatic heterocycles. The fraction of sp³-hybridized carbons (Fsp3) is 0.533. The van der Waals surface area contributed by atoms with E-state index in [0.717, 1.165) is 12.4 Å². The average Bonchev–Trinajstić information content (AvgIpc) is 2.96. The molecule has 0 amide bonds. The lowest BCUT2D eigenvalue weighted by atomic mass is 10.1. The van der Waals surface area contributed by atoms with Crippen molar-refractivity contribution in [1.82, 2.24) is 4.31 Å². The van der Waals surface area contributed by atoms with E-state index in [9.17, 15) is 13.2 Å². The number of Topliss-reactive ketones (excluding diaryl/α,β-unsaturated/α-hetero) is 1. The van der Waals surface area contributed by atoms with Crippen LogP contribution in [-0.4, -0.2) is 48.9 Å². The first-order valence-corrected chi connectivity index (χ1v) is 9.75. The average molecular weight is 341 g/mol. The van der Waals surface area contributed by atoms with Crippen LogP contribution in [0.5, 0.6) is 0 Å². The van der Waals surface area contributed by atoms with Crippen LogP contribution in [0.2, 0.25) is 0 Å². The van der Waals surface area contributed by atoms with Crippen molar-refractivity contribution in [1.29, 1.82) is 0 Å². The zero-order valence-corrected chi connectivity index (χ0v) is 14.1. The van der Waals surface area contributed by atoms with Crippen LogP contribution in [0.15, 0.2) is 29.2 Å². The molecule has 0 bridgehead atoms. The molecule has 0 saturated carbocycles. The minimum absolute atomic E-state index is 0.134. The van der Waals surface area contributed by atoms with E-state index < -0.39 is 10.0 Å². The van der Waals surface area contributed by atoms with Gasteiger partial charge in [-0.2, -0.15) is 4.31 Å². The van der Waals surface area contributed by atoms with E-state index in [1.807, 2.05) is 0 Å². The van der Waals surface area contributed by atoms with Crippen LogP contribution in [0, 0.1) is 0 Å². The van der Waals surface area contributed by atoms with Crippen molar-refractivity contribution in [3.63, 3.8) is 0 Å². The van der Waals surface area contributed by atoms with Crippen molar-refractivity contribution >= 4 is 27.6 Å². The first kappa shape index (κ1) is 16.0. The largest absolute Gasteiger partial charge is 0.363 e. The highest BCUT2D eigenvalue weighted by Gasteiger charge is 2.42. The maximum atomic E-state index is 12.7. The molecule has 2 heterocycles. The van der Waals surface area contributed by atoms with Crippen LogP contribution in [-0.2, 0) is 14.8 Å². The summed E-state index contributed by atoms with van der Waals surface area (Å²) in [4.78, 5) is 11.4. The molecule has 1 spiro atoms. The standard InChI is InChI=1S/C15H19NO4S2/c1-12(17)13-3-2-4-14(11-13)22(18,19)16-7-5-15(6-8-16)20-9-10-21-15/h2-4,11H,5-10H2,1H3.